The maximum absolute atomic E-state index is 4.64. The lowest BCUT2D eigenvalue weighted by molar-refractivity contribution is -0.272. The Kier molecular flexibility index (Phi) is 31.0. The fourth-order valence-electron chi connectivity index (χ4n) is 2.57. The van der Waals surface area contributed by atoms with Gasteiger partial charge in [0.25, 0.3) is 0 Å². The van der Waals surface area contributed by atoms with Crippen molar-refractivity contribution in [2.45, 2.75) is 117 Å². The van der Waals surface area contributed by atoms with Gasteiger partial charge in [-0.05, 0) is 44.9 Å². The Morgan fingerprint density at radius 1 is 0.538 bits per heavy atom. The van der Waals surface area contributed by atoms with E-state index in [0.717, 1.165) is 13.0 Å². The lowest BCUT2D eigenvalue weighted by atomic mass is 10.1. The second-order valence-corrected chi connectivity index (χ2v) is 6.89. The molecule has 156 valence electrons. The summed E-state index contributed by atoms with van der Waals surface area (Å²) in [6.07, 6.45) is 29.1. The third-order valence-electron chi connectivity index (χ3n) is 4.23. The Bertz CT molecular complexity index is 265. The molecular formula is C24H48O2. The normalized spacial score (nSPS) is 11.2. The molecule has 0 aliphatic heterocycles. The molecule has 0 aromatic carbocycles. The molecule has 0 saturated heterocycles. The third kappa shape index (κ3) is 31.2. The van der Waals surface area contributed by atoms with Crippen LogP contribution in [0.15, 0.2) is 24.3 Å². The lowest BCUT2D eigenvalue weighted by Crippen LogP contribution is -1.91. The predicted octanol–water partition coefficient (Wildman–Crippen LogP) is 8.57. The van der Waals surface area contributed by atoms with Crippen LogP contribution in [0.2, 0.25) is 0 Å². The van der Waals surface area contributed by atoms with Gasteiger partial charge in [0.05, 0.1) is 13.7 Å². The van der Waals surface area contributed by atoms with E-state index in [4.69, 9.17) is 0 Å². The van der Waals surface area contributed by atoms with Crippen LogP contribution in [0.5, 0.6) is 0 Å². The van der Waals surface area contributed by atoms with Gasteiger partial charge in [0, 0.05) is 0 Å². The minimum atomic E-state index is 0.727. The van der Waals surface area contributed by atoms with Gasteiger partial charge in [0.15, 0.2) is 0 Å². The summed E-state index contributed by atoms with van der Waals surface area (Å²) in [5, 5.41) is 0. The van der Waals surface area contributed by atoms with Crippen LogP contribution in [0.25, 0.3) is 0 Å². The number of allylic oxidation sites excluding steroid dienone is 4. The molecule has 0 spiro atoms. The van der Waals surface area contributed by atoms with Crippen LogP contribution in [0.1, 0.15) is 117 Å². The summed E-state index contributed by atoms with van der Waals surface area (Å²) in [5.41, 5.74) is 0. The highest BCUT2D eigenvalue weighted by Crippen LogP contribution is 2.09. The quantitative estimate of drug-likeness (QED) is 0.104. The van der Waals surface area contributed by atoms with Crippen LogP contribution >= 0.6 is 0 Å². The maximum atomic E-state index is 4.64. The Hall–Kier alpha value is -0.600. The average Bonchev–Trinajstić information content (AvgIpc) is 2.66. The van der Waals surface area contributed by atoms with Gasteiger partial charge in [-0.2, -0.15) is 0 Å². The van der Waals surface area contributed by atoms with E-state index in [2.05, 4.69) is 54.9 Å². The van der Waals surface area contributed by atoms with Crippen molar-refractivity contribution in [1.29, 1.82) is 0 Å². The van der Waals surface area contributed by atoms with Crippen molar-refractivity contribution in [3.05, 3.63) is 24.3 Å². The van der Waals surface area contributed by atoms with E-state index in [1.807, 2.05) is 0 Å². The van der Waals surface area contributed by atoms with Crippen molar-refractivity contribution in [1.82, 2.24) is 0 Å². The minimum absolute atomic E-state index is 0.727. The van der Waals surface area contributed by atoms with Crippen LogP contribution in [-0.4, -0.2) is 13.7 Å². The second kappa shape index (κ2) is 29.2. The molecule has 0 rings (SSSR count). The summed E-state index contributed by atoms with van der Waals surface area (Å²) in [6, 6.07) is 0. The second-order valence-electron chi connectivity index (χ2n) is 6.89. The highest BCUT2D eigenvalue weighted by Gasteiger charge is 1.90. The van der Waals surface area contributed by atoms with E-state index in [-0.39, 0.29) is 0 Å². The molecule has 2 nitrogen and oxygen atoms in total. The zero-order valence-corrected chi connectivity index (χ0v) is 18.4. The highest BCUT2D eigenvalue weighted by molar-refractivity contribution is 4.81. The van der Waals surface area contributed by atoms with Gasteiger partial charge in [-0.1, -0.05) is 96.4 Å². The Morgan fingerprint density at radius 3 is 1.54 bits per heavy atom. The lowest BCUT2D eigenvalue weighted by Gasteiger charge is -1.99. The first-order chi connectivity index (χ1) is 12.8. The summed E-state index contributed by atoms with van der Waals surface area (Å²) in [5.74, 6) is 0. The van der Waals surface area contributed by atoms with Crippen LogP contribution in [0.4, 0.5) is 0 Å². The van der Waals surface area contributed by atoms with Crippen molar-refractivity contribution < 1.29 is 9.78 Å². The van der Waals surface area contributed by atoms with E-state index in [1.54, 1.807) is 0 Å². The molecule has 0 bridgehead atoms. The molecule has 0 heterocycles. The zero-order chi connectivity index (χ0) is 19.6. The van der Waals surface area contributed by atoms with Gasteiger partial charge in [0.1, 0.15) is 0 Å². The molecule has 0 aliphatic carbocycles. The molecule has 0 aromatic heterocycles. The maximum Gasteiger partial charge on any atom is 0.0822 e. The van der Waals surface area contributed by atoms with Crippen LogP contribution in [-0.2, 0) is 9.78 Å². The fourth-order valence-corrected chi connectivity index (χ4v) is 2.57. The SMILES string of the molecule is CC/C=C\CCCCCCCC/C=C/CCCC.CCCCCOOC. The molecule has 26 heavy (non-hydrogen) atoms. The highest BCUT2D eigenvalue weighted by atomic mass is 17.2. The third-order valence-corrected chi connectivity index (χ3v) is 4.23. The summed E-state index contributed by atoms with van der Waals surface area (Å²) in [7, 11) is 1.53. The molecule has 0 atom stereocenters. The van der Waals surface area contributed by atoms with Crippen LogP contribution in [0.3, 0.4) is 0 Å². The molecule has 0 amide bonds. The number of unbranched alkanes of at least 4 members (excludes halogenated alkanes) is 11. The minimum Gasteiger partial charge on any atom is -0.240 e. The zero-order valence-electron chi connectivity index (χ0n) is 18.4. The van der Waals surface area contributed by atoms with Gasteiger partial charge < -0.3 is 0 Å². The van der Waals surface area contributed by atoms with Crippen molar-refractivity contribution in [2.75, 3.05) is 13.7 Å². The van der Waals surface area contributed by atoms with Crippen molar-refractivity contribution in [3.63, 3.8) is 0 Å². The Labute approximate surface area is 165 Å². The van der Waals surface area contributed by atoms with Crippen LogP contribution in [0, 0.1) is 0 Å². The van der Waals surface area contributed by atoms with Gasteiger partial charge in [-0.25, -0.2) is 9.78 Å². The van der Waals surface area contributed by atoms with E-state index >= 15 is 0 Å². The van der Waals surface area contributed by atoms with Gasteiger partial charge in [-0.15, -0.1) is 0 Å². The Balaban J connectivity index is 0. The van der Waals surface area contributed by atoms with Crippen molar-refractivity contribution in [3.8, 4) is 0 Å². The summed E-state index contributed by atoms with van der Waals surface area (Å²) in [4.78, 5) is 9.02. The van der Waals surface area contributed by atoms with E-state index in [9.17, 15) is 0 Å². The van der Waals surface area contributed by atoms with E-state index in [0.29, 0.717) is 0 Å². The summed E-state index contributed by atoms with van der Waals surface area (Å²) < 4.78 is 0. The molecule has 0 aromatic rings. The van der Waals surface area contributed by atoms with Gasteiger partial charge >= 0.3 is 0 Å². The molecule has 0 aliphatic rings. The molecule has 0 fully saturated rings. The van der Waals surface area contributed by atoms with Crippen molar-refractivity contribution in [2.24, 2.45) is 0 Å². The Morgan fingerprint density at radius 2 is 1.04 bits per heavy atom. The number of hydrogen-bond acceptors (Lipinski definition) is 2. The van der Waals surface area contributed by atoms with Crippen LogP contribution < -0.4 is 0 Å². The standard InChI is InChI=1S/C18H34.C6H14O2/c1-3-5-7-9-11-13-15-17-18-16-14-12-10-8-6-4-2;1-3-4-5-6-8-7-2/h5,7,10,12H,3-4,6,8-9,11,13-18H2,1-2H3;3-6H2,1-2H3/b7-5-,12-10+;. The predicted molar refractivity (Wildman–Crippen MR) is 118 cm³/mol. The summed E-state index contributed by atoms with van der Waals surface area (Å²) in [6.45, 7) is 7.34. The fraction of sp³-hybridized carbons (Fsp3) is 0.833. The number of rotatable bonds is 18. The summed E-state index contributed by atoms with van der Waals surface area (Å²) >= 11 is 0. The van der Waals surface area contributed by atoms with Gasteiger partial charge in [0.2, 0.25) is 0 Å². The monoisotopic (exact) mass is 368 g/mol. The first-order valence-corrected chi connectivity index (χ1v) is 11.3. The molecule has 0 N–H and O–H groups in total. The molecule has 0 saturated carbocycles. The first kappa shape index (κ1) is 27.6. The molecule has 2 heteroatoms. The average molecular weight is 369 g/mol. The topological polar surface area (TPSA) is 18.5 Å². The van der Waals surface area contributed by atoms with E-state index < -0.39 is 0 Å². The molecule has 0 radical (unpaired) electrons. The van der Waals surface area contributed by atoms with Gasteiger partial charge in [-0.3, -0.25) is 0 Å². The van der Waals surface area contributed by atoms with E-state index in [1.165, 1.54) is 97.0 Å². The van der Waals surface area contributed by atoms with Crippen molar-refractivity contribution >= 4 is 0 Å². The largest absolute Gasteiger partial charge is 0.240 e. The first-order valence-electron chi connectivity index (χ1n) is 11.3. The number of hydrogen-bond donors (Lipinski definition) is 0. The smallest absolute Gasteiger partial charge is 0.0822 e. The molecular weight excluding hydrogens is 320 g/mol. The molecule has 0 unspecified atom stereocenters.